The molecular weight excluding hydrogens is 398 g/mol. The maximum atomic E-state index is 12.4. The number of esters is 1. The van der Waals surface area contributed by atoms with Gasteiger partial charge in [0.05, 0.1) is 22.4 Å². The molecule has 0 spiro atoms. The summed E-state index contributed by atoms with van der Waals surface area (Å²) >= 11 is 5.89. The van der Waals surface area contributed by atoms with Gasteiger partial charge in [-0.05, 0) is 37.3 Å². The molecule has 0 fully saturated rings. The highest BCUT2D eigenvalue weighted by atomic mass is 35.5. The molecule has 29 heavy (non-hydrogen) atoms. The van der Waals surface area contributed by atoms with Crippen LogP contribution >= 0.6 is 11.6 Å². The molecule has 0 aliphatic carbocycles. The van der Waals surface area contributed by atoms with Crippen LogP contribution in [-0.2, 0) is 9.53 Å². The minimum Gasteiger partial charge on any atom is -0.449 e. The third-order valence-corrected chi connectivity index (χ3v) is 4.49. The van der Waals surface area contributed by atoms with E-state index in [1.165, 1.54) is 37.4 Å². The Hall–Kier alpha value is -3.52. The molecule has 0 saturated carbocycles. The van der Waals surface area contributed by atoms with E-state index in [0.29, 0.717) is 0 Å². The molecule has 1 aliphatic rings. The maximum Gasteiger partial charge on any atom is 0.338 e. The molecule has 1 aliphatic heterocycles. The van der Waals surface area contributed by atoms with Crippen LogP contribution in [0.3, 0.4) is 0 Å². The first kappa shape index (κ1) is 20.2. The molecule has 2 aromatic rings. The lowest BCUT2D eigenvalue weighted by Crippen LogP contribution is -2.30. The van der Waals surface area contributed by atoms with Gasteiger partial charge in [0, 0.05) is 12.7 Å². The lowest BCUT2D eigenvalue weighted by molar-refractivity contribution is -0.123. The van der Waals surface area contributed by atoms with Crippen molar-refractivity contribution in [2.45, 2.75) is 13.0 Å². The van der Waals surface area contributed by atoms with Gasteiger partial charge in [-0.15, -0.1) is 6.58 Å². The number of nitrogens with one attached hydrogen (secondary N) is 1. The topological polar surface area (TPSA) is 106 Å². The number of anilines is 1. The van der Waals surface area contributed by atoms with Crippen molar-refractivity contribution in [3.63, 3.8) is 0 Å². The Morgan fingerprint density at radius 2 is 2.00 bits per heavy atom. The fourth-order valence-electron chi connectivity index (χ4n) is 2.71. The van der Waals surface area contributed by atoms with Gasteiger partial charge in [0.2, 0.25) is 0 Å². The number of hydrogen-bond donors (Lipinski definition) is 1. The first-order chi connectivity index (χ1) is 13.8. The molecule has 3 rings (SSSR count). The van der Waals surface area contributed by atoms with Crippen LogP contribution in [0.1, 0.15) is 38.0 Å². The zero-order valence-corrected chi connectivity index (χ0v) is 16.1. The number of carbonyl (C=O) groups excluding carboxylic acids is 4. The standard InChI is InChI=1S/C20H16ClN3O5/c1-3-9-24-18(26)13-7-6-12(10-14(13)19(24)27)20(28)29-11(2)17(25)23-15-5-4-8-22-16(15)21/h3-8,10-11H,1,9H2,2H3,(H,23,25)/t11-/m0/s1. The summed E-state index contributed by atoms with van der Waals surface area (Å²) in [5, 5.41) is 2.62. The highest BCUT2D eigenvalue weighted by Crippen LogP contribution is 2.24. The third kappa shape index (κ3) is 4.02. The van der Waals surface area contributed by atoms with Crippen molar-refractivity contribution in [1.29, 1.82) is 0 Å². The van der Waals surface area contributed by atoms with Crippen molar-refractivity contribution in [2.24, 2.45) is 0 Å². The zero-order chi connectivity index (χ0) is 21.1. The third-order valence-electron chi connectivity index (χ3n) is 4.19. The van der Waals surface area contributed by atoms with E-state index >= 15 is 0 Å². The zero-order valence-electron chi connectivity index (χ0n) is 15.3. The highest BCUT2D eigenvalue weighted by Gasteiger charge is 2.35. The Bertz CT molecular complexity index is 1040. The average Bonchev–Trinajstić information content (AvgIpc) is 2.94. The summed E-state index contributed by atoms with van der Waals surface area (Å²) in [6, 6.07) is 7.18. The second kappa shape index (κ2) is 8.24. The molecule has 0 unspecified atom stereocenters. The number of hydrogen-bond acceptors (Lipinski definition) is 6. The number of carbonyl (C=O) groups is 4. The summed E-state index contributed by atoms with van der Waals surface area (Å²) < 4.78 is 5.17. The molecule has 9 heteroatoms. The Labute approximate surface area is 171 Å². The van der Waals surface area contributed by atoms with Gasteiger partial charge in [-0.1, -0.05) is 17.7 Å². The van der Waals surface area contributed by atoms with Gasteiger partial charge in [-0.2, -0.15) is 0 Å². The Kier molecular flexibility index (Phi) is 5.74. The second-order valence-electron chi connectivity index (χ2n) is 6.15. The van der Waals surface area contributed by atoms with E-state index in [4.69, 9.17) is 16.3 Å². The summed E-state index contributed by atoms with van der Waals surface area (Å²) in [5.74, 6) is -2.38. The summed E-state index contributed by atoms with van der Waals surface area (Å²) in [4.78, 5) is 54.1. The second-order valence-corrected chi connectivity index (χ2v) is 6.51. The summed E-state index contributed by atoms with van der Waals surface area (Å²) in [5.41, 5.74) is 0.631. The van der Waals surface area contributed by atoms with E-state index in [2.05, 4.69) is 16.9 Å². The van der Waals surface area contributed by atoms with E-state index in [9.17, 15) is 19.2 Å². The molecule has 1 aromatic carbocycles. The number of rotatable bonds is 6. The first-order valence-electron chi connectivity index (χ1n) is 8.57. The summed E-state index contributed by atoms with van der Waals surface area (Å²) in [6.45, 7) is 4.98. The van der Waals surface area contributed by atoms with E-state index < -0.39 is 29.8 Å². The lowest BCUT2D eigenvalue weighted by Gasteiger charge is -2.14. The van der Waals surface area contributed by atoms with Gasteiger partial charge in [0.15, 0.2) is 11.3 Å². The number of nitrogens with zero attached hydrogens (tertiary/aromatic N) is 2. The largest absolute Gasteiger partial charge is 0.449 e. The number of imide groups is 1. The summed E-state index contributed by atoms with van der Waals surface area (Å²) in [7, 11) is 0. The maximum absolute atomic E-state index is 12.4. The van der Waals surface area contributed by atoms with Gasteiger partial charge in [-0.3, -0.25) is 19.3 Å². The van der Waals surface area contributed by atoms with E-state index in [-0.39, 0.29) is 34.1 Å². The lowest BCUT2D eigenvalue weighted by atomic mass is 10.1. The van der Waals surface area contributed by atoms with Crippen molar-refractivity contribution < 1.29 is 23.9 Å². The summed E-state index contributed by atoms with van der Waals surface area (Å²) in [6.07, 6.45) is 1.77. The fraction of sp³-hybridized carbons (Fsp3) is 0.150. The quantitative estimate of drug-likeness (QED) is 0.338. The van der Waals surface area contributed by atoms with Gasteiger partial charge >= 0.3 is 5.97 Å². The van der Waals surface area contributed by atoms with Gasteiger partial charge in [0.25, 0.3) is 17.7 Å². The molecule has 8 nitrogen and oxygen atoms in total. The minimum absolute atomic E-state index is 0.0458. The number of benzene rings is 1. The molecule has 1 aromatic heterocycles. The van der Waals surface area contributed by atoms with Crippen LogP contribution in [0.4, 0.5) is 5.69 Å². The number of amides is 3. The Morgan fingerprint density at radius 3 is 2.69 bits per heavy atom. The van der Waals surface area contributed by atoms with Gasteiger partial charge < -0.3 is 10.1 Å². The Balaban J connectivity index is 1.71. The molecule has 2 heterocycles. The van der Waals surface area contributed by atoms with Gasteiger partial charge in [0.1, 0.15) is 0 Å². The average molecular weight is 414 g/mol. The smallest absolute Gasteiger partial charge is 0.338 e. The predicted octanol–water partition coefficient (Wildman–Crippen LogP) is 2.70. The van der Waals surface area contributed by atoms with E-state index in [0.717, 1.165) is 4.90 Å². The normalized spacial score (nSPS) is 13.7. The first-order valence-corrected chi connectivity index (χ1v) is 8.94. The monoisotopic (exact) mass is 413 g/mol. The molecule has 148 valence electrons. The molecular formula is C20H16ClN3O5. The highest BCUT2D eigenvalue weighted by molar-refractivity contribution is 6.32. The van der Waals surface area contributed by atoms with E-state index in [1.54, 1.807) is 12.1 Å². The number of aromatic nitrogens is 1. The van der Waals surface area contributed by atoms with E-state index in [1.807, 2.05) is 0 Å². The minimum atomic E-state index is -1.14. The van der Waals surface area contributed by atoms with Crippen molar-refractivity contribution in [3.8, 4) is 0 Å². The van der Waals surface area contributed by atoms with Crippen LogP contribution in [0.15, 0.2) is 49.2 Å². The van der Waals surface area contributed by atoms with Crippen molar-refractivity contribution >= 4 is 41.0 Å². The van der Waals surface area contributed by atoms with Crippen molar-refractivity contribution in [1.82, 2.24) is 9.88 Å². The number of halogens is 1. The molecule has 3 amide bonds. The van der Waals surface area contributed by atoms with Crippen LogP contribution in [0.5, 0.6) is 0 Å². The fourth-order valence-corrected chi connectivity index (χ4v) is 2.87. The van der Waals surface area contributed by atoms with Gasteiger partial charge in [-0.25, -0.2) is 9.78 Å². The van der Waals surface area contributed by atoms with Crippen LogP contribution in [0, 0.1) is 0 Å². The van der Waals surface area contributed by atoms with Crippen LogP contribution in [0.25, 0.3) is 0 Å². The van der Waals surface area contributed by atoms with Crippen LogP contribution in [0.2, 0.25) is 5.15 Å². The molecule has 1 atom stereocenters. The number of ether oxygens (including phenoxy) is 1. The number of pyridine rings is 1. The Morgan fingerprint density at radius 1 is 1.28 bits per heavy atom. The van der Waals surface area contributed by atoms with Crippen molar-refractivity contribution in [3.05, 3.63) is 71.0 Å². The molecule has 0 radical (unpaired) electrons. The molecule has 1 N–H and O–H groups in total. The van der Waals surface area contributed by atoms with Crippen LogP contribution in [-0.4, -0.2) is 46.2 Å². The van der Waals surface area contributed by atoms with Crippen LogP contribution < -0.4 is 5.32 Å². The predicted molar refractivity (Wildman–Crippen MR) is 105 cm³/mol. The molecule has 0 bridgehead atoms. The SMILES string of the molecule is C=CCN1C(=O)c2ccc(C(=O)O[C@@H](C)C(=O)Nc3cccnc3Cl)cc2C1=O. The van der Waals surface area contributed by atoms with Crippen molar-refractivity contribution in [2.75, 3.05) is 11.9 Å². The molecule has 0 saturated heterocycles. The number of fused-ring (bicyclic) bond motifs is 1.